The minimum Gasteiger partial charge on any atom is -0.444 e. The first-order valence-corrected chi connectivity index (χ1v) is 14.5. The van der Waals surface area contributed by atoms with Gasteiger partial charge in [0.2, 0.25) is 5.95 Å². The lowest BCUT2D eigenvalue weighted by atomic mass is 10.00. The normalized spacial score (nSPS) is 15.1. The maximum atomic E-state index is 12.4. The van der Waals surface area contributed by atoms with E-state index in [0.29, 0.717) is 24.9 Å². The third-order valence-corrected chi connectivity index (χ3v) is 7.27. The number of nitrogens with one attached hydrogen (secondary N) is 2. The van der Waals surface area contributed by atoms with E-state index in [1.54, 1.807) is 17.4 Å². The Morgan fingerprint density at radius 3 is 2.67 bits per heavy atom. The smallest absolute Gasteiger partial charge is 0.410 e. The monoisotopic (exact) mass is 572 g/mol. The fraction of sp³-hybridized carbons (Fsp3) is 0.452. The highest BCUT2D eigenvalue weighted by Crippen LogP contribution is 2.27. The number of hydrogen-bond donors (Lipinski definition) is 3. The van der Waals surface area contributed by atoms with Gasteiger partial charge in [0.1, 0.15) is 17.7 Å². The molecule has 0 spiro atoms. The number of carbonyl (C=O) groups excluding carboxylic acids is 1. The second-order valence-electron chi connectivity index (χ2n) is 11.8. The van der Waals surface area contributed by atoms with Crippen LogP contribution in [0.5, 0.6) is 0 Å². The number of nitrogens with zero attached hydrogens (tertiary/aromatic N) is 6. The van der Waals surface area contributed by atoms with Crippen LogP contribution in [0.4, 0.5) is 16.6 Å². The molecule has 3 N–H and O–H groups in total. The fourth-order valence-corrected chi connectivity index (χ4v) is 5.01. The zero-order valence-electron chi connectivity index (χ0n) is 24.8. The highest BCUT2D eigenvalue weighted by molar-refractivity contribution is 5.83. The van der Waals surface area contributed by atoms with Crippen LogP contribution in [0.3, 0.4) is 0 Å². The summed E-state index contributed by atoms with van der Waals surface area (Å²) in [6, 6.07) is 12.1. The zero-order chi connectivity index (χ0) is 29.7. The molecule has 11 nitrogen and oxygen atoms in total. The Morgan fingerprint density at radius 2 is 1.90 bits per heavy atom. The number of aliphatic hydroxyl groups is 1. The van der Waals surface area contributed by atoms with E-state index in [2.05, 4.69) is 37.1 Å². The van der Waals surface area contributed by atoms with Gasteiger partial charge in [-0.05, 0) is 75.4 Å². The maximum absolute atomic E-state index is 12.4. The Hall–Kier alpha value is -4.09. The Kier molecular flexibility index (Phi) is 8.98. The number of ether oxygens (including phenoxy) is 1. The molecule has 0 bridgehead atoms. The first-order valence-electron chi connectivity index (χ1n) is 14.5. The molecule has 1 aromatic carbocycles. The van der Waals surface area contributed by atoms with Gasteiger partial charge in [0.15, 0.2) is 0 Å². The van der Waals surface area contributed by atoms with Gasteiger partial charge in [-0.2, -0.15) is 0 Å². The summed E-state index contributed by atoms with van der Waals surface area (Å²) in [4.78, 5) is 37.9. The highest BCUT2D eigenvalue weighted by atomic mass is 16.6. The molecule has 42 heavy (non-hydrogen) atoms. The third kappa shape index (κ3) is 7.59. The minimum atomic E-state index is -0.488. The number of imidazole rings is 1. The van der Waals surface area contributed by atoms with Crippen molar-refractivity contribution in [3.63, 3.8) is 0 Å². The fourth-order valence-electron chi connectivity index (χ4n) is 5.01. The van der Waals surface area contributed by atoms with Crippen LogP contribution in [0.1, 0.15) is 57.7 Å². The summed E-state index contributed by atoms with van der Waals surface area (Å²) in [7, 11) is 0. The van der Waals surface area contributed by atoms with Gasteiger partial charge < -0.3 is 25.0 Å². The topological polar surface area (TPSA) is 132 Å². The molecule has 4 aromatic rings. The molecule has 0 saturated carbocycles. The molecule has 1 unspecified atom stereocenters. The predicted octanol–water partition coefficient (Wildman–Crippen LogP) is 5.09. The van der Waals surface area contributed by atoms with E-state index in [1.807, 2.05) is 57.2 Å². The van der Waals surface area contributed by atoms with Crippen molar-refractivity contribution in [2.24, 2.45) is 0 Å². The predicted molar refractivity (Wildman–Crippen MR) is 162 cm³/mol. The summed E-state index contributed by atoms with van der Waals surface area (Å²) in [6.45, 7) is 11.6. The molecule has 0 radical (unpaired) electrons. The summed E-state index contributed by atoms with van der Waals surface area (Å²) in [5.74, 6) is 1.56. The van der Waals surface area contributed by atoms with E-state index in [0.717, 1.165) is 66.0 Å². The van der Waals surface area contributed by atoms with Crippen molar-refractivity contribution in [2.75, 3.05) is 38.1 Å². The molecule has 1 amide bonds. The first-order chi connectivity index (χ1) is 20.2. The molecular weight excluding hydrogens is 532 g/mol. The average molecular weight is 573 g/mol. The van der Waals surface area contributed by atoms with Crippen LogP contribution in [0.2, 0.25) is 0 Å². The van der Waals surface area contributed by atoms with Crippen LogP contribution in [0.15, 0.2) is 48.9 Å². The van der Waals surface area contributed by atoms with Crippen molar-refractivity contribution in [3.8, 4) is 11.3 Å². The number of carbonyl (C=O) groups is 1. The van der Waals surface area contributed by atoms with Crippen molar-refractivity contribution < 1.29 is 14.6 Å². The van der Waals surface area contributed by atoms with E-state index in [-0.39, 0.29) is 18.6 Å². The lowest BCUT2D eigenvalue weighted by molar-refractivity contribution is 0.0139. The van der Waals surface area contributed by atoms with Crippen LogP contribution in [0.25, 0.3) is 22.3 Å². The maximum Gasteiger partial charge on any atom is 0.410 e. The molecule has 4 heterocycles. The number of amides is 1. The van der Waals surface area contributed by atoms with Crippen LogP contribution < -0.4 is 5.32 Å². The van der Waals surface area contributed by atoms with Gasteiger partial charge >= 0.3 is 6.09 Å². The van der Waals surface area contributed by atoms with Gasteiger partial charge in [-0.1, -0.05) is 13.0 Å². The molecule has 3 aromatic heterocycles. The molecule has 5 rings (SSSR count). The molecule has 0 aliphatic carbocycles. The van der Waals surface area contributed by atoms with Crippen LogP contribution in [0, 0.1) is 0 Å². The van der Waals surface area contributed by atoms with Gasteiger partial charge in [0.05, 0.1) is 16.7 Å². The van der Waals surface area contributed by atoms with Gasteiger partial charge in [-0.3, -0.25) is 4.90 Å². The summed E-state index contributed by atoms with van der Waals surface area (Å²) < 4.78 is 5.51. The molecule has 1 fully saturated rings. The zero-order valence-corrected chi connectivity index (χ0v) is 24.8. The van der Waals surface area contributed by atoms with E-state index < -0.39 is 5.60 Å². The number of piperazine rings is 1. The summed E-state index contributed by atoms with van der Waals surface area (Å²) in [6.07, 6.45) is 4.77. The number of hydrogen-bond acceptors (Lipinski definition) is 9. The van der Waals surface area contributed by atoms with Gasteiger partial charge in [-0.15, -0.1) is 0 Å². The summed E-state index contributed by atoms with van der Waals surface area (Å²) >= 11 is 0. The third-order valence-electron chi connectivity index (χ3n) is 7.27. The number of aliphatic hydroxyl groups excluding tert-OH is 1. The minimum absolute atomic E-state index is 0.184. The van der Waals surface area contributed by atoms with Crippen molar-refractivity contribution >= 4 is 28.9 Å². The van der Waals surface area contributed by atoms with E-state index in [1.165, 1.54) is 0 Å². The number of pyridine rings is 1. The Bertz CT molecular complexity index is 1510. The van der Waals surface area contributed by atoms with E-state index in [4.69, 9.17) is 14.8 Å². The van der Waals surface area contributed by atoms with Gasteiger partial charge in [0.25, 0.3) is 0 Å². The quantitative estimate of drug-likeness (QED) is 0.251. The van der Waals surface area contributed by atoms with Crippen molar-refractivity contribution in [2.45, 2.75) is 58.6 Å². The molecule has 1 atom stereocenters. The second kappa shape index (κ2) is 12.8. The van der Waals surface area contributed by atoms with Crippen LogP contribution >= 0.6 is 0 Å². The van der Waals surface area contributed by atoms with Crippen LogP contribution in [-0.2, 0) is 11.3 Å². The molecular formula is C31H40N8O3. The highest BCUT2D eigenvalue weighted by Gasteiger charge is 2.26. The Morgan fingerprint density at radius 1 is 1.10 bits per heavy atom. The van der Waals surface area contributed by atoms with Crippen molar-refractivity contribution in [3.05, 3.63) is 60.2 Å². The van der Waals surface area contributed by atoms with Crippen LogP contribution in [-0.4, -0.2) is 84.3 Å². The standard InChI is InChI=1S/C31H40N8O3/c1-21(6-5-15-40)25-18-26(34-20-33-25)23-7-8-24-27(17-23)36-29(35-24)37-28-16-22(9-10-32-28)19-38-11-13-39(14-12-38)30(41)42-31(2,3)4/h7-10,16-18,20-21,40H,5-6,11-15,19H2,1-4H3,(H2,32,35,36,37). The van der Waals surface area contributed by atoms with E-state index in [9.17, 15) is 4.79 Å². The Balaban J connectivity index is 1.21. The van der Waals surface area contributed by atoms with Crippen molar-refractivity contribution in [1.29, 1.82) is 0 Å². The molecule has 1 aliphatic rings. The van der Waals surface area contributed by atoms with Crippen molar-refractivity contribution in [1.82, 2.24) is 34.7 Å². The lowest BCUT2D eigenvalue weighted by Crippen LogP contribution is -2.49. The molecule has 222 valence electrons. The number of aromatic amines is 1. The average Bonchev–Trinajstić information content (AvgIpc) is 3.37. The lowest BCUT2D eigenvalue weighted by Gasteiger charge is -2.35. The second-order valence-corrected chi connectivity index (χ2v) is 11.8. The number of rotatable bonds is 9. The van der Waals surface area contributed by atoms with E-state index >= 15 is 0 Å². The summed E-state index contributed by atoms with van der Waals surface area (Å²) in [5.41, 5.74) is 5.16. The Labute approximate surface area is 246 Å². The largest absolute Gasteiger partial charge is 0.444 e. The first kappa shape index (κ1) is 29.4. The molecule has 1 saturated heterocycles. The molecule has 11 heteroatoms. The number of fused-ring (bicyclic) bond motifs is 1. The SMILES string of the molecule is CC(CCCO)c1cc(-c2ccc3nc(Nc4cc(CN5CCN(C(=O)OC(C)(C)C)CC5)ccn4)[nH]c3c2)ncn1. The summed E-state index contributed by atoms with van der Waals surface area (Å²) in [5, 5.41) is 12.5. The number of H-pyrrole nitrogens is 1. The van der Waals surface area contributed by atoms with Gasteiger partial charge in [-0.25, -0.2) is 24.7 Å². The molecule has 1 aliphatic heterocycles. The number of aromatic nitrogens is 5. The number of benzene rings is 1. The number of anilines is 2. The van der Waals surface area contributed by atoms with Gasteiger partial charge in [0, 0.05) is 56.8 Å².